The predicted molar refractivity (Wildman–Crippen MR) is 119 cm³/mol. The van der Waals surface area contributed by atoms with E-state index in [9.17, 15) is 18.1 Å². The number of unbranched alkanes of at least 4 members (excludes halogenated alkanes) is 14. The number of aliphatic hydroxyl groups is 1. The van der Waals surface area contributed by atoms with Gasteiger partial charge < -0.3 is 9.66 Å². The zero-order valence-corrected chi connectivity index (χ0v) is 23.6. The molecule has 2 atom stereocenters. The maximum Gasteiger partial charge on any atom is 1.00 e. The maximum absolute atomic E-state index is 11.5. The molecule has 0 radical (unpaired) electrons. The number of hydrogen-bond acceptors (Lipinski definition) is 4. The Labute approximate surface area is 224 Å². The first-order valence-corrected chi connectivity index (χ1v) is 13.5. The van der Waals surface area contributed by atoms with Crippen molar-refractivity contribution in [3.63, 3.8) is 0 Å². The normalized spacial score (nSPS) is 13.8. The van der Waals surface area contributed by atoms with Crippen LogP contribution in [0.1, 0.15) is 136 Å². The largest absolute Gasteiger partial charge is 1.00 e. The summed E-state index contributed by atoms with van der Waals surface area (Å²) in [6.45, 7) is 4.41. The van der Waals surface area contributed by atoms with Crippen LogP contribution in [0.25, 0.3) is 0 Å². The van der Waals surface area contributed by atoms with E-state index in [0.717, 1.165) is 32.1 Å². The number of hydrogen-bond donors (Lipinski definition) is 1. The van der Waals surface area contributed by atoms with Gasteiger partial charge in [0, 0.05) is 0 Å². The molecule has 0 fully saturated rings. The Morgan fingerprint density at radius 1 is 0.655 bits per heavy atom. The molecule has 0 saturated carbocycles. The molecule has 6 heteroatoms. The first-order chi connectivity index (χ1) is 13.4. The Hall–Kier alpha value is 1.51. The topological polar surface area (TPSA) is 77.4 Å². The Morgan fingerprint density at radius 3 is 1.38 bits per heavy atom. The van der Waals surface area contributed by atoms with Crippen molar-refractivity contribution in [1.29, 1.82) is 0 Å². The molecule has 2 unspecified atom stereocenters. The molecule has 0 heterocycles. The molecule has 0 aliphatic heterocycles. The molecule has 170 valence electrons. The summed E-state index contributed by atoms with van der Waals surface area (Å²) >= 11 is 0. The fourth-order valence-corrected chi connectivity index (χ4v) is 4.73. The van der Waals surface area contributed by atoms with Crippen LogP contribution in [0.2, 0.25) is 0 Å². The van der Waals surface area contributed by atoms with Gasteiger partial charge in [-0.15, -0.1) is 0 Å². The minimum Gasteiger partial charge on any atom is -0.748 e. The summed E-state index contributed by atoms with van der Waals surface area (Å²) in [5, 5.41) is 9.24. The van der Waals surface area contributed by atoms with Crippen LogP contribution in [0.15, 0.2) is 0 Å². The molecule has 4 nitrogen and oxygen atoms in total. The van der Waals surface area contributed by atoms with Gasteiger partial charge in [0.05, 0.1) is 21.5 Å². The average Bonchev–Trinajstić information content (AvgIpc) is 2.64. The van der Waals surface area contributed by atoms with Crippen molar-refractivity contribution in [1.82, 2.24) is 0 Å². The third kappa shape index (κ3) is 22.5. The smallest absolute Gasteiger partial charge is 0.748 e. The summed E-state index contributed by atoms with van der Waals surface area (Å²) in [6, 6.07) is 0. The SMILES string of the molecule is CCCCCCCCCCCC(CC(O)CCCCCCCCC)S(=O)(=O)[O-].[K+]. The molecule has 0 aromatic carbocycles. The van der Waals surface area contributed by atoms with Gasteiger partial charge in [-0.3, -0.25) is 0 Å². The van der Waals surface area contributed by atoms with Gasteiger partial charge in [0.15, 0.2) is 0 Å². The molecular weight excluding hydrogens is 411 g/mol. The molecule has 0 aliphatic carbocycles. The van der Waals surface area contributed by atoms with E-state index in [1.165, 1.54) is 70.6 Å². The Bertz CT molecular complexity index is 429. The maximum atomic E-state index is 11.5. The third-order valence-corrected chi connectivity index (χ3v) is 6.96. The van der Waals surface area contributed by atoms with Crippen molar-refractivity contribution in [3.8, 4) is 0 Å². The van der Waals surface area contributed by atoms with Crippen LogP contribution in [0.3, 0.4) is 0 Å². The summed E-state index contributed by atoms with van der Waals surface area (Å²) in [5.41, 5.74) is 0. The molecule has 1 N–H and O–H groups in total. The van der Waals surface area contributed by atoms with Crippen LogP contribution in [0.4, 0.5) is 0 Å². The third-order valence-electron chi connectivity index (χ3n) is 5.71. The van der Waals surface area contributed by atoms with E-state index >= 15 is 0 Å². The van der Waals surface area contributed by atoms with Crippen LogP contribution >= 0.6 is 0 Å². The van der Waals surface area contributed by atoms with Crippen molar-refractivity contribution in [2.24, 2.45) is 0 Å². The van der Waals surface area contributed by atoms with Crippen LogP contribution in [-0.2, 0) is 10.1 Å². The van der Waals surface area contributed by atoms with Gasteiger partial charge in [-0.05, 0) is 19.3 Å². The van der Waals surface area contributed by atoms with E-state index in [2.05, 4.69) is 13.8 Å². The molecule has 0 amide bonds. The zero-order valence-electron chi connectivity index (χ0n) is 19.7. The van der Waals surface area contributed by atoms with Crippen LogP contribution < -0.4 is 51.4 Å². The second-order valence-electron chi connectivity index (χ2n) is 8.53. The van der Waals surface area contributed by atoms with Gasteiger partial charge in [-0.1, -0.05) is 117 Å². The molecule has 0 aromatic rings. The van der Waals surface area contributed by atoms with Crippen molar-refractivity contribution < 1.29 is 69.5 Å². The van der Waals surface area contributed by atoms with Gasteiger partial charge in [0.1, 0.15) is 0 Å². The van der Waals surface area contributed by atoms with Crippen LogP contribution in [0, 0.1) is 0 Å². The zero-order chi connectivity index (χ0) is 21.1. The predicted octanol–water partition coefficient (Wildman–Crippen LogP) is 3.72. The Balaban J connectivity index is 0. The Morgan fingerprint density at radius 2 is 1.00 bits per heavy atom. The average molecular weight is 459 g/mol. The summed E-state index contributed by atoms with van der Waals surface area (Å²) in [7, 11) is -4.32. The number of aliphatic hydroxyl groups excluding tert-OH is 1. The van der Waals surface area contributed by atoms with Crippen molar-refractivity contribution in [3.05, 3.63) is 0 Å². The second kappa shape index (κ2) is 22.7. The van der Waals surface area contributed by atoms with Crippen molar-refractivity contribution >= 4 is 10.1 Å². The van der Waals surface area contributed by atoms with Gasteiger partial charge in [0.25, 0.3) is 0 Å². The second-order valence-corrected chi connectivity index (χ2v) is 10.2. The van der Waals surface area contributed by atoms with Crippen LogP contribution in [-0.4, -0.2) is 29.4 Å². The first kappa shape index (κ1) is 32.7. The van der Waals surface area contributed by atoms with E-state index in [1.54, 1.807) is 0 Å². The number of rotatable bonds is 21. The van der Waals surface area contributed by atoms with Crippen molar-refractivity contribution in [2.45, 2.75) is 147 Å². The minimum absolute atomic E-state index is 0. The molecule has 0 bridgehead atoms. The molecular formula is C23H47KO4S. The van der Waals surface area contributed by atoms with Gasteiger partial charge in [0.2, 0.25) is 0 Å². The minimum atomic E-state index is -4.32. The van der Waals surface area contributed by atoms with E-state index < -0.39 is 21.5 Å². The van der Waals surface area contributed by atoms with E-state index in [0.29, 0.717) is 12.8 Å². The standard InChI is InChI=1S/C23H48O4S.K/c1-3-5-7-9-11-12-14-16-18-20-23(28(25,26)27)21-22(24)19-17-15-13-10-8-6-4-2;/h22-24H,3-21H2,1-2H3,(H,25,26,27);/q;+1/p-1. The molecule has 0 aromatic heterocycles. The summed E-state index contributed by atoms with van der Waals surface area (Å²) in [5.74, 6) is 0. The molecule has 0 aliphatic rings. The molecule has 0 rings (SSSR count). The van der Waals surface area contributed by atoms with Crippen LogP contribution in [0.5, 0.6) is 0 Å². The summed E-state index contributed by atoms with van der Waals surface area (Å²) in [6.07, 6.45) is 19.1. The first-order valence-electron chi connectivity index (χ1n) is 12.0. The fourth-order valence-electron chi connectivity index (χ4n) is 3.82. The van der Waals surface area contributed by atoms with E-state index in [1.807, 2.05) is 0 Å². The van der Waals surface area contributed by atoms with Crippen molar-refractivity contribution in [2.75, 3.05) is 0 Å². The fraction of sp³-hybridized carbons (Fsp3) is 1.00. The van der Waals surface area contributed by atoms with E-state index in [4.69, 9.17) is 0 Å². The Kier molecular flexibility index (Phi) is 25.6. The summed E-state index contributed by atoms with van der Waals surface area (Å²) < 4.78 is 34.6. The quantitative estimate of drug-likeness (QED) is 0.162. The van der Waals surface area contributed by atoms with E-state index in [-0.39, 0.29) is 57.8 Å². The monoisotopic (exact) mass is 458 g/mol. The molecule has 29 heavy (non-hydrogen) atoms. The molecule has 0 saturated heterocycles. The van der Waals surface area contributed by atoms with Gasteiger partial charge in [-0.2, -0.15) is 0 Å². The van der Waals surface area contributed by atoms with Gasteiger partial charge >= 0.3 is 51.4 Å². The van der Waals surface area contributed by atoms with Gasteiger partial charge in [-0.25, -0.2) is 8.42 Å². The molecule has 0 spiro atoms. The summed E-state index contributed by atoms with van der Waals surface area (Å²) in [4.78, 5) is 0.